The van der Waals surface area contributed by atoms with Crippen molar-refractivity contribution < 1.29 is 20.4 Å². The van der Waals surface area contributed by atoms with Gasteiger partial charge in [0.05, 0.1) is 9.17 Å². The van der Waals surface area contributed by atoms with Crippen molar-refractivity contribution in [3.05, 3.63) is 385 Å². The van der Waals surface area contributed by atoms with Gasteiger partial charge in [0.2, 0.25) is 0 Å². The third-order valence-electron chi connectivity index (χ3n) is 16.2. The van der Waals surface area contributed by atoms with Crippen LogP contribution in [0.15, 0.2) is 385 Å². The van der Waals surface area contributed by atoms with Crippen molar-refractivity contribution in [3.8, 4) is 0 Å². The molecule has 113 heavy (non-hydrogen) atoms. The number of rotatable bonds is 14. The molecule has 19 heteroatoms. The van der Waals surface area contributed by atoms with Gasteiger partial charge in [-0.1, -0.05) is 368 Å². The number of hydrogen-bond acceptors (Lipinski definition) is 8. The Labute approximate surface area is 738 Å². The fraction of sp³-hybridized carbons (Fsp3) is 0.128. The Morgan fingerprint density at radius 1 is 0.265 bits per heavy atom. The van der Waals surface area contributed by atoms with E-state index in [0.717, 1.165) is 24.8 Å². The molecule has 0 bridgehead atoms. The van der Waals surface area contributed by atoms with Crippen LogP contribution in [0.2, 0.25) is 59.3 Å². The molecular weight excluding hydrogens is 2140 g/mol. The molecule has 0 spiro atoms. The van der Waals surface area contributed by atoms with Crippen LogP contribution in [0.4, 0.5) is 0 Å². The van der Waals surface area contributed by atoms with Crippen LogP contribution in [0.25, 0.3) is 20.4 Å². The average molecular weight is 2240 g/mol. The Hall–Kier alpha value is -4.88. The summed E-state index contributed by atoms with van der Waals surface area (Å²) in [5.74, 6) is 0. The quantitative estimate of drug-likeness (QED) is 0.0613. The Kier molecular flexibility index (Phi) is 41.5. The van der Waals surface area contributed by atoms with Gasteiger partial charge >= 0.3 is 185 Å². The molecule has 0 aliphatic rings. The zero-order valence-electron chi connectivity index (χ0n) is 66.2. The number of aromatic nitrogens is 6. The predicted octanol–water partition coefficient (Wildman–Crippen LogP) is 21.3. The number of fused-ring (bicyclic) bond motifs is 2. The minimum atomic E-state index is -2.17. The van der Waals surface area contributed by atoms with Gasteiger partial charge in [0.1, 0.15) is 10.1 Å². The molecule has 4 heterocycles. The molecule has 0 saturated heterocycles. The molecule has 0 fully saturated rings. The summed E-state index contributed by atoms with van der Waals surface area (Å²) in [6, 6.07) is 129. The van der Waals surface area contributed by atoms with Crippen molar-refractivity contribution in [2.75, 3.05) is 0 Å². The topological polar surface area (TPSA) is 77.3 Å². The molecule has 12 aromatic carbocycles. The molecule has 0 aliphatic heterocycles. The average Bonchev–Trinajstić information content (AvgIpc) is 1.69. The van der Waals surface area contributed by atoms with E-state index in [0.29, 0.717) is 0 Å². The Balaban J connectivity index is 0.000000167. The van der Waals surface area contributed by atoms with Gasteiger partial charge in [0.25, 0.3) is 0 Å². The summed E-state index contributed by atoms with van der Waals surface area (Å²) < 4.78 is 14.8. The number of pyridine rings is 2. The summed E-state index contributed by atoms with van der Waals surface area (Å²) in [5.41, 5.74) is 1.92. The van der Waals surface area contributed by atoms with Gasteiger partial charge in [-0.15, -0.1) is 5.10 Å². The number of hydrogen-bond donors (Lipinski definition) is 0. The van der Waals surface area contributed by atoms with E-state index in [9.17, 15) is 0 Å². The summed E-state index contributed by atoms with van der Waals surface area (Å²) in [5, 5.41) is 25.0. The van der Waals surface area contributed by atoms with Crippen LogP contribution in [0.5, 0.6) is 0 Å². The fourth-order valence-electron chi connectivity index (χ4n) is 11.3. The van der Waals surface area contributed by atoms with Crippen LogP contribution in [-0.2, 0) is 20.4 Å². The van der Waals surface area contributed by atoms with Crippen molar-refractivity contribution in [2.45, 2.75) is 59.3 Å². The van der Waals surface area contributed by atoms with Gasteiger partial charge < -0.3 is 0 Å². The first-order valence-corrected chi connectivity index (χ1v) is 82.8. The van der Waals surface area contributed by atoms with E-state index in [1.807, 2.05) is 0 Å². The predicted molar refractivity (Wildman–Crippen MR) is 519 cm³/mol. The van der Waals surface area contributed by atoms with E-state index < -0.39 is 108 Å². The van der Waals surface area contributed by atoms with E-state index in [2.05, 4.69) is 485 Å². The Morgan fingerprint density at radius 3 is 0.646 bits per heavy atom. The SMILES string of the molecule is Brc1ncc(Br)c2snnc12.[CH3][Sn]([CH3])([CH3])[c]1nc[c]([Sn]([CH3])([CH3])[CH3])c2snnc12.[CH3][Sn]([CH3])[CH3].[CH3][Sn]([CH3])[CH3].[Pd].c1ccc(P(c2ccccc2)c2ccccc2)cc1.c1ccc(P(c2ccccc2)c2ccccc2)cc1.c1ccc(P(c2ccccc2)c2ccccc2)cc1.c1ccc(P(c2ccccc2)c2ccccc2)cc1. The second-order valence-electron chi connectivity index (χ2n) is 28.7. The van der Waals surface area contributed by atoms with Gasteiger partial charge in [-0.25, -0.2) is 4.98 Å². The smallest absolute Gasteiger partial charge is 0 e. The van der Waals surface area contributed by atoms with Gasteiger partial charge in [0.15, 0.2) is 0 Å². The molecule has 4 aromatic heterocycles. The van der Waals surface area contributed by atoms with Crippen LogP contribution in [0.3, 0.4) is 0 Å². The molecule has 2 radical (unpaired) electrons. The van der Waals surface area contributed by atoms with Crippen molar-refractivity contribution in [1.29, 1.82) is 0 Å². The maximum atomic E-state index is 4.77. The third-order valence-corrected chi connectivity index (χ3v) is 40.2. The van der Waals surface area contributed by atoms with Gasteiger partial charge in [-0.2, -0.15) is 0 Å². The first kappa shape index (κ1) is 93.6. The third kappa shape index (κ3) is 30.5. The van der Waals surface area contributed by atoms with E-state index >= 15 is 0 Å². The second-order valence-corrected chi connectivity index (χ2v) is 86.4. The first-order valence-electron chi connectivity index (χ1n) is 37.2. The molecule has 16 rings (SSSR count). The minimum absolute atomic E-state index is 0. The zero-order valence-corrected chi connectivity index (χ0v) is 87.5. The summed E-state index contributed by atoms with van der Waals surface area (Å²) >= 11 is 4.19. The summed E-state index contributed by atoms with van der Waals surface area (Å²) in [6.45, 7) is 0. The van der Waals surface area contributed by atoms with E-state index in [1.54, 1.807) is 17.7 Å². The van der Waals surface area contributed by atoms with Crippen molar-refractivity contribution in [1.82, 2.24) is 29.1 Å². The molecule has 0 N–H and O–H groups in total. The van der Waals surface area contributed by atoms with Gasteiger partial charge in [-0.05, 0) is 139 Å². The first-order chi connectivity index (χ1) is 54.3. The molecule has 0 amide bonds. The standard InChI is InChI=1S/4C18H15P.C5HBr2N3S.C5HN3S.12CH3.Pd.4Sn/c4*1-4-10-16(11-5-1)19(17-12-6-2-7-13-17)18-14-8-3-9-15-18;6-2-1-8-5(7)3-4(2)11-10-9-3;1-2-6-3-4-5(1)9-8-7-4;;;;;;;;;;;;;;;;;/h4*1-15H;1H;2H;12*1H3;;;;;. The molecule has 0 aliphatic carbocycles. The van der Waals surface area contributed by atoms with E-state index in [4.69, 9.17) is 4.98 Å². The maximum Gasteiger partial charge on any atom is 0 e. The van der Waals surface area contributed by atoms with Gasteiger partial charge in [0, 0.05) is 26.6 Å². The van der Waals surface area contributed by atoms with Crippen LogP contribution in [0.1, 0.15) is 0 Å². The van der Waals surface area contributed by atoms with Gasteiger partial charge in [-0.3, -0.25) is 0 Å². The normalized spacial score (nSPS) is 10.8. The van der Waals surface area contributed by atoms with Crippen molar-refractivity contribution >= 4 is 254 Å². The fourth-order valence-corrected chi connectivity index (χ4v) is 32.8. The number of halogens is 2. The zero-order chi connectivity index (χ0) is 79.5. The van der Waals surface area contributed by atoms with Crippen molar-refractivity contribution in [3.63, 3.8) is 0 Å². The summed E-state index contributed by atoms with van der Waals surface area (Å²) in [7, 11) is -1.78. The number of nitrogens with zero attached hydrogens (tertiary/aromatic N) is 6. The summed E-state index contributed by atoms with van der Waals surface area (Å²) in [6.07, 6.45) is 3.86. The van der Waals surface area contributed by atoms with Crippen LogP contribution < -0.4 is 70.9 Å². The van der Waals surface area contributed by atoms with E-state index in [1.165, 1.54) is 87.2 Å². The monoisotopic (exact) mass is 2240 g/mol. The van der Waals surface area contributed by atoms with Crippen molar-refractivity contribution in [2.24, 2.45) is 0 Å². The Bertz CT molecular complexity index is 4320. The molecule has 16 aromatic rings. The Morgan fingerprint density at radius 2 is 0.460 bits per heavy atom. The molecule has 0 unspecified atom stereocenters. The van der Waals surface area contributed by atoms with Crippen LogP contribution >= 0.6 is 86.6 Å². The van der Waals surface area contributed by atoms with E-state index in [-0.39, 0.29) is 20.4 Å². The largest absolute Gasteiger partial charge is 0.0622 e. The summed E-state index contributed by atoms with van der Waals surface area (Å²) in [4.78, 5) is 37.4. The maximum absolute atomic E-state index is 4.77. The second kappa shape index (κ2) is 50.1. The van der Waals surface area contributed by atoms with Crippen LogP contribution in [-0.4, -0.2) is 105 Å². The molecule has 576 valence electrons. The molecule has 0 saturated carbocycles. The van der Waals surface area contributed by atoms with Crippen LogP contribution in [0, 0.1) is 0 Å². The molecular formula is C94H98Br2N6P4PdS2Sn4. The number of benzene rings is 12. The molecule has 6 nitrogen and oxygen atoms in total. The molecule has 0 atom stereocenters. The minimum Gasteiger partial charge on any atom is -0.0622 e.